The molecule has 0 spiro atoms. The summed E-state index contributed by atoms with van der Waals surface area (Å²) >= 11 is 0. The highest BCUT2D eigenvalue weighted by atomic mass is 16.2. The zero-order valence-electron chi connectivity index (χ0n) is 18.2. The first-order chi connectivity index (χ1) is 14.4. The zero-order valence-corrected chi connectivity index (χ0v) is 18.2. The molecule has 0 atom stereocenters. The lowest BCUT2D eigenvalue weighted by Crippen LogP contribution is -3.13. The Labute approximate surface area is 179 Å². The van der Waals surface area contributed by atoms with Gasteiger partial charge in [0, 0.05) is 23.7 Å². The van der Waals surface area contributed by atoms with E-state index in [1.807, 2.05) is 43.0 Å². The topological polar surface area (TPSA) is 65.9 Å². The maximum atomic E-state index is 12.8. The van der Waals surface area contributed by atoms with Crippen LogP contribution in [0.5, 0.6) is 0 Å². The Morgan fingerprint density at radius 3 is 2.37 bits per heavy atom. The van der Waals surface area contributed by atoms with E-state index in [4.69, 9.17) is 0 Å². The second kappa shape index (κ2) is 10.3. The Morgan fingerprint density at radius 1 is 1.03 bits per heavy atom. The highest BCUT2D eigenvalue weighted by Crippen LogP contribution is 2.09. The number of hydrogen-bond acceptors (Lipinski definition) is 2. The normalized spacial score (nSPS) is 14.6. The molecule has 3 N–H and O–H groups in total. The predicted molar refractivity (Wildman–Crippen MR) is 118 cm³/mol. The number of nitrogens with one attached hydrogen (secondary N) is 3. The SMILES string of the molecule is Cc1cccc(C[NH+]2CCN(C(=O)c3ccc(CNC(=O)NC(C)C)cc3)CC2)c1. The average molecular weight is 410 g/mol. The van der Waals surface area contributed by atoms with Crippen LogP contribution in [-0.4, -0.2) is 49.1 Å². The number of urea groups is 1. The number of piperazine rings is 1. The largest absolute Gasteiger partial charge is 0.336 e. The van der Waals surface area contributed by atoms with Gasteiger partial charge in [0.05, 0.1) is 26.2 Å². The number of carbonyl (C=O) groups is 2. The number of nitrogens with zero attached hydrogens (tertiary/aromatic N) is 1. The molecule has 2 aromatic carbocycles. The smallest absolute Gasteiger partial charge is 0.315 e. The Hall–Kier alpha value is -2.86. The van der Waals surface area contributed by atoms with Crippen molar-refractivity contribution in [3.8, 4) is 0 Å². The van der Waals surface area contributed by atoms with Gasteiger partial charge in [0.15, 0.2) is 0 Å². The fraction of sp³-hybridized carbons (Fsp3) is 0.417. The van der Waals surface area contributed by atoms with Crippen molar-refractivity contribution in [3.63, 3.8) is 0 Å². The summed E-state index contributed by atoms with van der Waals surface area (Å²) in [6.07, 6.45) is 0. The third kappa shape index (κ3) is 6.32. The van der Waals surface area contributed by atoms with Gasteiger partial charge in [0.25, 0.3) is 5.91 Å². The van der Waals surface area contributed by atoms with Gasteiger partial charge in [0.1, 0.15) is 6.54 Å². The number of benzene rings is 2. The van der Waals surface area contributed by atoms with Crippen molar-refractivity contribution >= 4 is 11.9 Å². The van der Waals surface area contributed by atoms with Crippen LogP contribution in [0.2, 0.25) is 0 Å². The molecule has 0 radical (unpaired) electrons. The van der Waals surface area contributed by atoms with Crippen molar-refractivity contribution in [2.45, 2.75) is 39.9 Å². The van der Waals surface area contributed by atoms with Gasteiger partial charge < -0.3 is 20.4 Å². The molecule has 1 aliphatic heterocycles. The van der Waals surface area contributed by atoms with Crippen molar-refractivity contribution in [2.75, 3.05) is 26.2 Å². The fourth-order valence-corrected chi connectivity index (χ4v) is 3.76. The molecule has 0 aliphatic carbocycles. The molecule has 2 aromatic rings. The minimum absolute atomic E-state index is 0.0849. The molecule has 160 valence electrons. The maximum Gasteiger partial charge on any atom is 0.315 e. The first-order valence-corrected chi connectivity index (χ1v) is 10.7. The summed E-state index contributed by atoms with van der Waals surface area (Å²) in [5, 5.41) is 5.62. The van der Waals surface area contributed by atoms with Gasteiger partial charge in [-0.1, -0.05) is 42.0 Å². The molecule has 1 saturated heterocycles. The zero-order chi connectivity index (χ0) is 21.5. The number of rotatable bonds is 6. The molecule has 1 heterocycles. The van der Waals surface area contributed by atoms with Gasteiger partial charge in [-0.25, -0.2) is 4.79 Å². The van der Waals surface area contributed by atoms with Crippen LogP contribution in [0.3, 0.4) is 0 Å². The third-order valence-electron chi connectivity index (χ3n) is 5.37. The van der Waals surface area contributed by atoms with E-state index in [2.05, 4.69) is 41.8 Å². The molecule has 1 aliphatic rings. The summed E-state index contributed by atoms with van der Waals surface area (Å²) < 4.78 is 0. The van der Waals surface area contributed by atoms with E-state index in [-0.39, 0.29) is 18.0 Å². The maximum absolute atomic E-state index is 12.8. The fourth-order valence-electron chi connectivity index (χ4n) is 3.76. The van der Waals surface area contributed by atoms with Gasteiger partial charge in [-0.05, 0) is 38.5 Å². The molecule has 30 heavy (non-hydrogen) atoms. The van der Waals surface area contributed by atoms with Crippen molar-refractivity contribution in [2.24, 2.45) is 0 Å². The van der Waals surface area contributed by atoms with Crippen LogP contribution in [0.15, 0.2) is 48.5 Å². The predicted octanol–water partition coefficient (Wildman–Crippen LogP) is 1.74. The first kappa shape index (κ1) is 21.8. The highest BCUT2D eigenvalue weighted by Gasteiger charge is 2.24. The standard InChI is InChI=1S/C24H32N4O2/c1-18(2)26-24(30)25-16-20-7-9-22(10-8-20)23(29)28-13-11-27(12-14-28)17-21-6-4-5-19(3)15-21/h4-10,15,18H,11-14,16-17H2,1-3H3,(H2,25,26,30)/p+1. The van der Waals surface area contributed by atoms with Gasteiger partial charge in [0.2, 0.25) is 0 Å². The average Bonchev–Trinajstić information content (AvgIpc) is 2.72. The highest BCUT2D eigenvalue weighted by molar-refractivity contribution is 5.94. The molecule has 6 nitrogen and oxygen atoms in total. The Bertz CT molecular complexity index is 856. The first-order valence-electron chi connectivity index (χ1n) is 10.7. The van der Waals surface area contributed by atoms with Crippen LogP contribution in [0.25, 0.3) is 0 Å². The van der Waals surface area contributed by atoms with E-state index in [0.717, 1.165) is 38.3 Å². The van der Waals surface area contributed by atoms with Crippen LogP contribution in [-0.2, 0) is 13.1 Å². The summed E-state index contributed by atoms with van der Waals surface area (Å²) in [4.78, 5) is 28.0. The number of quaternary nitrogens is 1. The minimum atomic E-state index is -0.184. The van der Waals surface area contributed by atoms with Gasteiger partial charge in [-0.3, -0.25) is 4.79 Å². The molecule has 0 aromatic heterocycles. The Morgan fingerprint density at radius 2 is 1.73 bits per heavy atom. The Kier molecular flexibility index (Phi) is 7.46. The van der Waals surface area contributed by atoms with Gasteiger partial charge in [-0.2, -0.15) is 0 Å². The molecular weight excluding hydrogens is 376 g/mol. The minimum Gasteiger partial charge on any atom is -0.336 e. The second-order valence-electron chi connectivity index (χ2n) is 8.39. The summed E-state index contributed by atoms with van der Waals surface area (Å²) in [6.45, 7) is 10.9. The lowest BCUT2D eigenvalue weighted by atomic mass is 10.1. The molecule has 6 heteroatoms. The van der Waals surface area contributed by atoms with Crippen LogP contribution >= 0.6 is 0 Å². The number of hydrogen-bond donors (Lipinski definition) is 3. The number of aryl methyl sites for hydroxylation is 1. The van der Waals surface area contributed by atoms with Crippen LogP contribution in [0.4, 0.5) is 4.79 Å². The summed E-state index contributed by atoms with van der Waals surface area (Å²) in [5.74, 6) is 0.0849. The second-order valence-corrected chi connectivity index (χ2v) is 8.39. The van der Waals surface area contributed by atoms with Crippen molar-refractivity contribution in [1.29, 1.82) is 0 Å². The van der Waals surface area contributed by atoms with Gasteiger partial charge >= 0.3 is 6.03 Å². The van der Waals surface area contributed by atoms with E-state index < -0.39 is 0 Å². The molecule has 0 unspecified atom stereocenters. The van der Waals surface area contributed by atoms with Crippen LogP contribution in [0, 0.1) is 6.92 Å². The molecule has 0 bridgehead atoms. The van der Waals surface area contributed by atoms with E-state index in [9.17, 15) is 9.59 Å². The van der Waals surface area contributed by atoms with E-state index in [1.54, 1.807) is 0 Å². The quantitative estimate of drug-likeness (QED) is 0.681. The van der Waals surface area contributed by atoms with E-state index in [1.165, 1.54) is 16.0 Å². The van der Waals surface area contributed by atoms with Crippen LogP contribution in [0.1, 0.15) is 40.9 Å². The van der Waals surface area contributed by atoms with Crippen molar-refractivity contribution in [3.05, 3.63) is 70.8 Å². The molecule has 1 fully saturated rings. The van der Waals surface area contributed by atoms with E-state index in [0.29, 0.717) is 12.1 Å². The number of amides is 3. The van der Waals surface area contributed by atoms with Gasteiger partial charge in [-0.15, -0.1) is 0 Å². The third-order valence-corrected chi connectivity index (χ3v) is 5.37. The van der Waals surface area contributed by atoms with Crippen molar-refractivity contribution in [1.82, 2.24) is 15.5 Å². The summed E-state index contributed by atoms with van der Waals surface area (Å²) in [5.41, 5.74) is 4.32. The molecule has 3 rings (SSSR count). The Balaban J connectivity index is 1.47. The van der Waals surface area contributed by atoms with Crippen LogP contribution < -0.4 is 15.5 Å². The lowest BCUT2D eigenvalue weighted by Gasteiger charge is -2.32. The van der Waals surface area contributed by atoms with E-state index >= 15 is 0 Å². The van der Waals surface area contributed by atoms with Crippen molar-refractivity contribution < 1.29 is 14.5 Å². The number of carbonyl (C=O) groups excluding carboxylic acids is 2. The monoisotopic (exact) mass is 409 g/mol. The molecule has 0 saturated carbocycles. The summed E-state index contributed by atoms with van der Waals surface area (Å²) in [7, 11) is 0. The molecule has 3 amide bonds. The summed E-state index contributed by atoms with van der Waals surface area (Å²) in [6, 6.07) is 16.1. The lowest BCUT2D eigenvalue weighted by molar-refractivity contribution is -0.917. The molecular formula is C24H33N4O2+.